The lowest BCUT2D eigenvalue weighted by Crippen LogP contribution is -2.37. The number of hydrogen-bond acceptors (Lipinski definition) is 3. The third kappa shape index (κ3) is 2.97. The summed E-state index contributed by atoms with van der Waals surface area (Å²) in [5, 5.41) is 0. The molecule has 2 aliphatic heterocycles. The number of nitrogens with zero attached hydrogens (tertiary/aromatic N) is 2. The molecule has 0 atom stereocenters. The molecule has 0 N–H and O–H groups in total. The molecule has 0 bridgehead atoms. The zero-order valence-corrected chi connectivity index (χ0v) is 16.7. The summed E-state index contributed by atoms with van der Waals surface area (Å²) in [5.41, 5.74) is 1.62. The Morgan fingerprint density at radius 3 is 2.38 bits per heavy atom. The standard InChI is InChI=1S/C20H28N2O3S/c1-14-8-10-21(11-9-14)26(24,25)16-6-7-18-17(12-16)20(2,3)13-22(18)19(23)15-4-5-15/h6-7,12,14-15H,4-5,8-11,13H2,1-3H3. The topological polar surface area (TPSA) is 57.7 Å². The van der Waals surface area contributed by atoms with Crippen molar-refractivity contribution in [2.75, 3.05) is 24.5 Å². The second-order valence-corrected chi connectivity index (χ2v) is 10.8. The summed E-state index contributed by atoms with van der Waals surface area (Å²) in [5.74, 6) is 0.940. The second kappa shape index (κ2) is 6.06. The zero-order valence-electron chi connectivity index (χ0n) is 15.9. The van der Waals surface area contributed by atoms with E-state index < -0.39 is 10.0 Å². The van der Waals surface area contributed by atoms with Crippen LogP contribution in [-0.4, -0.2) is 38.3 Å². The molecule has 3 aliphatic rings. The number of benzene rings is 1. The van der Waals surface area contributed by atoms with Crippen molar-refractivity contribution in [2.24, 2.45) is 11.8 Å². The highest BCUT2D eigenvalue weighted by Crippen LogP contribution is 2.44. The molecule has 1 aromatic rings. The zero-order chi connectivity index (χ0) is 18.7. The van der Waals surface area contributed by atoms with Gasteiger partial charge in [-0.2, -0.15) is 4.31 Å². The molecule has 0 radical (unpaired) electrons. The maximum Gasteiger partial charge on any atom is 0.243 e. The Morgan fingerprint density at radius 1 is 1.12 bits per heavy atom. The van der Waals surface area contributed by atoms with E-state index >= 15 is 0 Å². The van der Waals surface area contributed by atoms with Gasteiger partial charge < -0.3 is 4.90 Å². The van der Waals surface area contributed by atoms with Gasteiger partial charge >= 0.3 is 0 Å². The molecule has 5 nitrogen and oxygen atoms in total. The Hall–Kier alpha value is -1.40. The first-order valence-electron chi connectivity index (χ1n) is 9.66. The Balaban J connectivity index is 1.67. The third-order valence-corrected chi connectivity index (χ3v) is 8.01. The fourth-order valence-electron chi connectivity index (χ4n) is 4.14. The van der Waals surface area contributed by atoms with Crippen LogP contribution in [0.1, 0.15) is 52.0 Å². The molecule has 0 unspecified atom stereocenters. The van der Waals surface area contributed by atoms with Crippen molar-refractivity contribution in [3.63, 3.8) is 0 Å². The van der Waals surface area contributed by atoms with E-state index in [1.165, 1.54) is 0 Å². The van der Waals surface area contributed by atoms with Crippen LogP contribution in [-0.2, 0) is 20.2 Å². The third-order valence-electron chi connectivity index (χ3n) is 6.11. The number of anilines is 1. The summed E-state index contributed by atoms with van der Waals surface area (Å²) in [7, 11) is -3.47. The van der Waals surface area contributed by atoms with Gasteiger partial charge in [0, 0.05) is 36.7 Å². The van der Waals surface area contributed by atoms with Crippen LogP contribution in [0.25, 0.3) is 0 Å². The van der Waals surface area contributed by atoms with Gasteiger partial charge in [0.05, 0.1) is 4.90 Å². The Morgan fingerprint density at radius 2 is 1.77 bits per heavy atom. The summed E-state index contributed by atoms with van der Waals surface area (Å²) in [4.78, 5) is 14.8. The Labute approximate surface area is 156 Å². The van der Waals surface area contributed by atoms with Crippen LogP contribution < -0.4 is 4.90 Å². The molecule has 1 aromatic carbocycles. The van der Waals surface area contributed by atoms with Crippen LogP contribution in [0.2, 0.25) is 0 Å². The number of fused-ring (bicyclic) bond motifs is 1. The molecule has 0 aromatic heterocycles. The van der Waals surface area contributed by atoms with E-state index in [2.05, 4.69) is 20.8 Å². The number of sulfonamides is 1. The smallest absolute Gasteiger partial charge is 0.243 e. The molecule has 6 heteroatoms. The normalized spacial score (nSPS) is 23.9. The van der Waals surface area contributed by atoms with Gasteiger partial charge in [-0.05, 0) is 55.4 Å². The fourth-order valence-corrected chi connectivity index (χ4v) is 5.64. The van der Waals surface area contributed by atoms with Gasteiger partial charge in [-0.3, -0.25) is 4.79 Å². The monoisotopic (exact) mass is 376 g/mol. The molecule has 26 heavy (non-hydrogen) atoms. The predicted molar refractivity (Wildman–Crippen MR) is 102 cm³/mol. The van der Waals surface area contributed by atoms with Gasteiger partial charge in [0.25, 0.3) is 0 Å². The van der Waals surface area contributed by atoms with Crippen LogP contribution in [0.4, 0.5) is 5.69 Å². The van der Waals surface area contributed by atoms with E-state index in [0.717, 1.165) is 36.9 Å². The first kappa shape index (κ1) is 18.0. The Bertz CT molecular complexity index is 835. The molecule has 1 saturated heterocycles. The number of amides is 1. The first-order chi connectivity index (χ1) is 12.2. The number of rotatable bonds is 3. The quantitative estimate of drug-likeness (QED) is 0.814. The maximum absolute atomic E-state index is 13.1. The van der Waals surface area contributed by atoms with E-state index in [-0.39, 0.29) is 17.2 Å². The lowest BCUT2D eigenvalue weighted by molar-refractivity contribution is -0.119. The highest BCUT2D eigenvalue weighted by atomic mass is 32.2. The number of carbonyl (C=O) groups is 1. The number of carbonyl (C=O) groups excluding carboxylic acids is 1. The molecule has 1 aliphatic carbocycles. The van der Waals surface area contributed by atoms with Crippen LogP contribution in [0.15, 0.2) is 23.1 Å². The molecule has 4 rings (SSSR count). The second-order valence-electron chi connectivity index (χ2n) is 8.85. The average molecular weight is 377 g/mol. The number of piperidine rings is 1. The molecule has 2 fully saturated rings. The van der Waals surface area contributed by atoms with Gasteiger partial charge in [-0.25, -0.2) is 8.42 Å². The van der Waals surface area contributed by atoms with Crippen LogP contribution in [0.3, 0.4) is 0 Å². The van der Waals surface area contributed by atoms with Crippen molar-refractivity contribution in [3.05, 3.63) is 23.8 Å². The van der Waals surface area contributed by atoms with Crippen molar-refractivity contribution in [1.82, 2.24) is 4.31 Å². The van der Waals surface area contributed by atoms with Gasteiger partial charge in [0.15, 0.2) is 0 Å². The SMILES string of the molecule is CC1CCN(S(=O)(=O)c2ccc3c(c2)C(C)(C)CN3C(=O)C2CC2)CC1. The summed E-state index contributed by atoms with van der Waals surface area (Å²) in [6.07, 6.45) is 3.79. The van der Waals surface area contributed by atoms with E-state index in [9.17, 15) is 13.2 Å². The van der Waals surface area contributed by atoms with Gasteiger partial charge in [0.2, 0.25) is 15.9 Å². The van der Waals surface area contributed by atoms with Crippen LogP contribution in [0.5, 0.6) is 0 Å². The predicted octanol–water partition coefficient (Wildman–Crippen LogP) is 3.14. The van der Waals surface area contributed by atoms with E-state index in [0.29, 0.717) is 30.4 Å². The van der Waals surface area contributed by atoms with E-state index in [4.69, 9.17) is 0 Å². The van der Waals surface area contributed by atoms with Crippen molar-refractivity contribution in [3.8, 4) is 0 Å². The van der Waals surface area contributed by atoms with Gasteiger partial charge in [-0.15, -0.1) is 0 Å². The summed E-state index contributed by atoms with van der Waals surface area (Å²) >= 11 is 0. The van der Waals surface area contributed by atoms with Gasteiger partial charge in [0.1, 0.15) is 0 Å². The van der Waals surface area contributed by atoms with Crippen molar-refractivity contribution in [1.29, 1.82) is 0 Å². The highest BCUT2D eigenvalue weighted by Gasteiger charge is 2.43. The summed E-state index contributed by atoms with van der Waals surface area (Å²) < 4.78 is 27.8. The van der Waals surface area contributed by atoms with Crippen LogP contribution in [0, 0.1) is 11.8 Å². The average Bonchev–Trinajstić information content (AvgIpc) is 3.40. The lowest BCUT2D eigenvalue weighted by atomic mass is 9.87. The minimum Gasteiger partial charge on any atom is -0.311 e. The van der Waals surface area contributed by atoms with E-state index in [1.807, 2.05) is 17.0 Å². The lowest BCUT2D eigenvalue weighted by Gasteiger charge is -2.29. The van der Waals surface area contributed by atoms with Crippen molar-refractivity contribution < 1.29 is 13.2 Å². The molecule has 1 saturated carbocycles. The molecular formula is C20H28N2O3S. The molecular weight excluding hydrogens is 348 g/mol. The summed E-state index contributed by atoms with van der Waals surface area (Å²) in [6.45, 7) is 8.16. The minimum atomic E-state index is -3.47. The molecule has 1 amide bonds. The van der Waals surface area contributed by atoms with Crippen molar-refractivity contribution >= 4 is 21.6 Å². The minimum absolute atomic E-state index is 0.162. The fraction of sp³-hybridized carbons (Fsp3) is 0.650. The molecule has 142 valence electrons. The number of hydrogen-bond donors (Lipinski definition) is 0. The van der Waals surface area contributed by atoms with Crippen LogP contribution >= 0.6 is 0 Å². The molecule has 0 spiro atoms. The Kier molecular flexibility index (Phi) is 4.19. The largest absolute Gasteiger partial charge is 0.311 e. The molecule has 2 heterocycles. The van der Waals surface area contributed by atoms with E-state index in [1.54, 1.807) is 10.4 Å². The maximum atomic E-state index is 13.1. The first-order valence-corrected chi connectivity index (χ1v) is 11.1. The summed E-state index contributed by atoms with van der Waals surface area (Å²) in [6, 6.07) is 5.33. The van der Waals surface area contributed by atoms with Crippen molar-refractivity contribution in [2.45, 2.75) is 56.8 Å². The highest BCUT2D eigenvalue weighted by molar-refractivity contribution is 7.89. The van der Waals surface area contributed by atoms with Gasteiger partial charge in [-0.1, -0.05) is 20.8 Å².